The molecule has 0 aliphatic carbocycles. The minimum absolute atomic E-state index is 0.165. The van der Waals surface area contributed by atoms with Crippen molar-refractivity contribution in [3.8, 4) is 11.5 Å². The molecular weight excluding hydrogens is 350 g/mol. The van der Waals surface area contributed by atoms with E-state index in [0.717, 1.165) is 29.0 Å². The Morgan fingerprint density at radius 1 is 1.00 bits per heavy atom. The van der Waals surface area contributed by atoms with Crippen LogP contribution in [0, 0.1) is 0 Å². The van der Waals surface area contributed by atoms with E-state index in [0.29, 0.717) is 17.0 Å². The molecule has 28 heavy (non-hydrogen) atoms. The maximum absolute atomic E-state index is 12.6. The van der Waals surface area contributed by atoms with E-state index in [9.17, 15) is 4.79 Å². The lowest BCUT2D eigenvalue weighted by Crippen LogP contribution is -2.11. The summed E-state index contributed by atoms with van der Waals surface area (Å²) < 4.78 is 7.83. The quantitative estimate of drug-likeness (QED) is 0.526. The average Bonchev–Trinajstić information content (AvgIpc) is 3.05. The first-order chi connectivity index (χ1) is 13.6. The van der Waals surface area contributed by atoms with Gasteiger partial charge in [-0.3, -0.25) is 4.79 Å². The number of imidazole rings is 1. The van der Waals surface area contributed by atoms with Gasteiger partial charge in [-0.2, -0.15) is 0 Å². The summed E-state index contributed by atoms with van der Waals surface area (Å²) in [6.07, 6.45) is 0.851. The second kappa shape index (κ2) is 7.56. The number of aromatic nitrogens is 2. The molecule has 0 saturated carbocycles. The standard InChI is InChI=1S/C23H21N3O2/c1-3-22-25-20-15-16(9-14-21(20)26(22)2)23(27)24-17-10-12-19(13-11-17)28-18-7-5-4-6-8-18/h4-15H,3H2,1-2H3,(H,24,27). The van der Waals surface area contributed by atoms with Crippen molar-refractivity contribution in [2.45, 2.75) is 13.3 Å². The Bertz CT molecular complexity index is 1120. The lowest BCUT2D eigenvalue weighted by Gasteiger charge is -2.08. The Morgan fingerprint density at radius 2 is 1.71 bits per heavy atom. The Morgan fingerprint density at radius 3 is 2.43 bits per heavy atom. The van der Waals surface area contributed by atoms with Gasteiger partial charge in [0.05, 0.1) is 11.0 Å². The molecule has 0 fully saturated rings. The van der Waals surface area contributed by atoms with Crippen LogP contribution in [0.2, 0.25) is 0 Å². The van der Waals surface area contributed by atoms with E-state index >= 15 is 0 Å². The smallest absolute Gasteiger partial charge is 0.255 e. The van der Waals surface area contributed by atoms with Gasteiger partial charge in [0.2, 0.25) is 0 Å². The van der Waals surface area contributed by atoms with E-state index < -0.39 is 0 Å². The molecule has 1 amide bonds. The lowest BCUT2D eigenvalue weighted by atomic mass is 10.2. The van der Waals surface area contributed by atoms with Crippen LogP contribution in [0.3, 0.4) is 0 Å². The predicted octanol–water partition coefficient (Wildman–Crippen LogP) is 5.18. The normalized spacial score (nSPS) is 10.8. The number of amides is 1. The summed E-state index contributed by atoms with van der Waals surface area (Å²) >= 11 is 0. The highest BCUT2D eigenvalue weighted by molar-refractivity contribution is 6.06. The van der Waals surface area contributed by atoms with Crippen molar-refractivity contribution < 1.29 is 9.53 Å². The second-order valence-electron chi connectivity index (χ2n) is 6.54. The van der Waals surface area contributed by atoms with Crippen molar-refractivity contribution in [2.24, 2.45) is 7.05 Å². The van der Waals surface area contributed by atoms with Gasteiger partial charge in [0.1, 0.15) is 17.3 Å². The maximum Gasteiger partial charge on any atom is 0.255 e. The molecule has 0 bridgehead atoms. The van der Waals surface area contributed by atoms with Gasteiger partial charge in [-0.05, 0) is 54.6 Å². The number of anilines is 1. The average molecular weight is 371 g/mol. The van der Waals surface area contributed by atoms with E-state index in [1.54, 1.807) is 0 Å². The second-order valence-corrected chi connectivity index (χ2v) is 6.54. The number of aryl methyl sites for hydroxylation is 2. The Labute approximate surface area is 163 Å². The molecule has 4 rings (SSSR count). The van der Waals surface area contributed by atoms with Crippen molar-refractivity contribution >= 4 is 22.6 Å². The highest BCUT2D eigenvalue weighted by Crippen LogP contribution is 2.23. The molecular formula is C23H21N3O2. The highest BCUT2D eigenvalue weighted by Gasteiger charge is 2.11. The zero-order chi connectivity index (χ0) is 19.5. The number of fused-ring (bicyclic) bond motifs is 1. The number of rotatable bonds is 5. The fourth-order valence-corrected chi connectivity index (χ4v) is 3.14. The number of carbonyl (C=O) groups is 1. The van der Waals surface area contributed by atoms with Crippen LogP contribution in [0.5, 0.6) is 11.5 Å². The number of nitrogens with zero attached hydrogens (tertiary/aromatic N) is 2. The third-order valence-electron chi connectivity index (χ3n) is 4.64. The van der Waals surface area contributed by atoms with Gasteiger partial charge in [-0.15, -0.1) is 0 Å². The highest BCUT2D eigenvalue weighted by atomic mass is 16.5. The van der Waals surface area contributed by atoms with Crippen molar-refractivity contribution in [1.29, 1.82) is 0 Å². The maximum atomic E-state index is 12.6. The van der Waals surface area contributed by atoms with Gasteiger partial charge in [0.15, 0.2) is 0 Å². The van der Waals surface area contributed by atoms with Gasteiger partial charge in [-0.25, -0.2) is 4.98 Å². The summed E-state index contributed by atoms with van der Waals surface area (Å²) in [6.45, 7) is 2.07. The Kier molecular flexibility index (Phi) is 4.81. The number of carbonyl (C=O) groups excluding carboxylic acids is 1. The molecule has 0 radical (unpaired) electrons. The first kappa shape index (κ1) is 17.8. The SMILES string of the molecule is CCc1nc2cc(C(=O)Nc3ccc(Oc4ccccc4)cc3)ccc2n1C. The van der Waals surface area contributed by atoms with Crippen LogP contribution < -0.4 is 10.1 Å². The van der Waals surface area contributed by atoms with Gasteiger partial charge in [0, 0.05) is 24.7 Å². The molecule has 5 nitrogen and oxygen atoms in total. The Balaban J connectivity index is 1.48. The van der Waals surface area contributed by atoms with Crippen LogP contribution in [-0.4, -0.2) is 15.5 Å². The molecule has 4 aromatic rings. The van der Waals surface area contributed by atoms with Crippen LogP contribution in [-0.2, 0) is 13.5 Å². The number of hydrogen-bond donors (Lipinski definition) is 1. The number of para-hydroxylation sites is 1. The Hall–Kier alpha value is -3.60. The van der Waals surface area contributed by atoms with Gasteiger partial charge in [0.25, 0.3) is 5.91 Å². The molecule has 0 atom stereocenters. The van der Waals surface area contributed by atoms with Crippen molar-refractivity contribution in [3.63, 3.8) is 0 Å². The summed E-state index contributed by atoms with van der Waals surface area (Å²) in [5.41, 5.74) is 3.15. The van der Waals surface area contributed by atoms with Crippen molar-refractivity contribution in [1.82, 2.24) is 9.55 Å². The number of ether oxygens (including phenoxy) is 1. The minimum Gasteiger partial charge on any atom is -0.457 e. The zero-order valence-corrected chi connectivity index (χ0v) is 15.8. The summed E-state index contributed by atoms with van der Waals surface area (Å²) in [5.74, 6) is 2.32. The molecule has 0 spiro atoms. The van der Waals surface area contributed by atoms with E-state index in [1.807, 2.05) is 79.8 Å². The fraction of sp³-hybridized carbons (Fsp3) is 0.130. The lowest BCUT2D eigenvalue weighted by molar-refractivity contribution is 0.102. The molecule has 1 aromatic heterocycles. The molecule has 0 unspecified atom stereocenters. The third-order valence-corrected chi connectivity index (χ3v) is 4.64. The van der Waals surface area contributed by atoms with Crippen LogP contribution in [0.15, 0.2) is 72.8 Å². The summed E-state index contributed by atoms with van der Waals surface area (Å²) in [4.78, 5) is 17.2. The zero-order valence-electron chi connectivity index (χ0n) is 15.8. The van der Waals surface area contributed by atoms with Crippen LogP contribution in [0.4, 0.5) is 5.69 Å². The van der Waals surface area contributed by atoms with Crippen LogP contribution in [0.25, 0.3) is 11.0 Å². The van der Waals surface area contributed by atoms with Crippen molar-refractivity contribution in [2.75, 3.05) is 5.32 Å². The van der Waals surface area contributed by atoms with Crippen LogP contribution in [0.1, 0.15) is 23.1 Å². The number of nitrogens with one attached hydrogen (secondary N) is 1. The number of hydrogen-bond acceptors (Lipinski definition) is 3. The molecule has 0 aliphatic heterocycles. The van der Waals surface area contributed by atoms with E-state index in [2.05, 4.69) is 21.8 Å². The van der Waals surface area contributed by atoms with Gasteiger partial charge >= 0.3 is 0 Å². The molecule has 0 saturated heterocycles. The first-order valence-corrected chi connectivity index (χ1v) is 9.23. The molecule has 1 N–H and O–H groups in total. The largest absolute Gasteiger partial charge is 0.457 e. The van der Waals surface area contributed by atoms with E-state index in [4.69, 9.17) is 4.74 Å². The summed E-state index contributed by atoms with van der Waals surface area (Å²) in [7, 11) is 1.99. The monoisotopic (exact) mass is 371 g/mol. The number of benzene rings is 3. The van der Waals surface area contributed by atoms with E-state index in [-0.39, 0.29) is 5.91 Å². The molecule has 0 aliphatic rings. The van der Waals surface area contributed by atoms with Gasteiger partial charge in [-0.1, -0.05) is 25.1 Å². The summed E-state index contributed by atoms with van der Waals surface area (Å²) in [5, 5.41) is 2.92. The molecule has 140 valence electrons. The van der Waals surface area contributed by atoms with Gasteiger partial charge < -0.3 is 14.6 Å². The molecule has 5 heteroatoms. The van der Waals surface area contributed by atoms with Crippen molar-refractivity contribution in [3.05, 3.63) is 84.2 Å². The first-order valence-electron chi connectivity index (χ1n) is 9.23. The molecule has 1 heterocycles. The third kappa shape index (κ3) is 3.60. The minimum atomic E-state index is -0.165. The summed E-state index contributed by atoms with van der Waals surface area (Å²) in [6, 6.07) is 22.5. The topological polar surface area (TPSA) is 56.1 Å². The fourth-order valence-electron chi connectivity index (χ4n) is 3.14. The van der Waals surface area contributed by atoms with E-state index in [1.165, 1.54) is 0 Å². The van der Waals surface area contributed by atoms with Crippen LogP contribution >= 0.6 is 0 Å². The predicted molar refractivity (Wildman–Crippen MR) is 111 cm³/mol. The molecule has 3 aromatic carbocycles.